The number of ether oxygens (including phenoxy) is 2. The minimum Gasteiger partial charge on any atom is -0.481 e. The van der Waals surface area contributed by atoms with Crippen molar-refractivity contribution in [3.05, 3.63) is 34.3 Å². The number of hydrogen-bond acceptors (Lipinski definition) is 5. The first kappa shape index (κ1) is 24.0. The lowest BCUT2D eigenvalue weighted by Crippen LogP contribution is -2.46. The summed E-state index contributed by atoms with van der Waals surface area (Å²) >= 11 is 6.14. The van der Waals surface area contributed by atoms with Crippen LogP contribution in [0.5, 0.6) is 0 Å². The highest BCUT2D eigenvalue weighted by atomic mass is 35.5. The Morgan fingerprint density at radius 1 is 1.30 bits per heavy atom. The van der Waals surface area contributed by atoms with E-state index in [4.69, 9.17) is 21.1 Å². The third-order valence-corrected chi connectivity index (χ3v) is 5.45. The molecule has 0 fully saturated rings. The normalized spacial score (nSPS) is 19.4. The number of carbonyl (C=O) groups excluding carboxylic acids is 2. The maximum absolute atomic E-state index is 12.7. The predicted molar refractivity (Wildman–Crippen MR) is 113 cm³/mol. The van der Waals surface area contributed by atoms with Gasteiger partial charge in [-0.25, -0.2) is 4.79 Å². The van der Waals surface area contributed by atoms with E-state index < -0.39 is 29.6 Å². The van der Waals surface area contributed by atoms with E-state index in [0.717, 1.165) is 11.1 Å². The van der Waals surface area contributed by atoms with Crippen molar-refractivity contribution in [2.24, 2.45) is 5.92 Å². The summed E-state index contributed by atoms with van der Waals surface area (Å²) in [6.45, 7) is 7.09. The number of rotatable bonds is 6. The second kappa shape index (κ2) is 9.69. The van der Waals surface area contributed by atoms with Gasteiger partial charge in [0.1, 0.15) is 5.60 Å². The molecule has 0 aromatic heterocycles. The third kappa shape index (κ3) is 5.88. The highest BCUT2D eigenvalue weighted by Crippen LogP contribution is 2.40. The Labute approximate surface area is 182 Å². The molecule has 0 spiro atoms. The average Bonchev–Trinajstić information content (AvgIpc) is 2.63. The lowest BCUT2D eigenvalue weighted by Gasteiger charge is -2.40. The Balaban J connectivity index is 2.40. The highest BCUT2D eigenvalue weighted by molar-refractivity contribution is 6.30. The Hall–Kier alpha value is -2.28. The van der Waals surface area contributed by atoms with E-state index in [1.807, 2.05) is 12.1 Å². The largest absolute Gasteiger partial charge is 0.481 e. The van der Waals surface area contributed by atoms with Crippen LogP contribution in [-0.4, -0.2) is 53.3 Å². The first-order chi connectivity index (χ1) is 13.9. The number of aryl methyl sites for hydroxylation is 1. The van der Waals surface area contributed by atoms with Gasteiger partial charge in [-0.15, -0.1) is 0 Å². The SMILES string of the molecule is CCO[12C](=O)C(C[C@@H]1c2ccc(Cl)cc2CC[C@H]1N(C)C(=O)OC(C)(C)C)C(=O)O. The first-order valence-corrected chi connectivity index (χ1v) is 10.5. The van der Waals surface area contributed by atoms with Crippen LogP contribution in [0.15, 0.2) is 18.2 Å². The van der Waals surface area contributed by atoms with Crippen molar-refractivity contribution in [2.75, 3.05) is 13.7 Å². The van der Waals surface area contributed by atoms with Gasteiger partial charge in [-0.3, -0.25) is 9.59 Å². The number of benzene rings is 1. The van der Waals surface area contributed by atoms with Crippen LogP contribution >= 0.6 is 11.6 Å². The molecule has 0 saturated heterocycles. The molecular weight excluding hydrogens is 410 g/mol. The zero-order valence-corrected chi connectivity index (χ0v) is 18.9. The maximum atomic E-state index is 12.7. The molecule has 1 amide bonds. The molecule has 2 rings (SSSR count). The van der Waals surface area contributed by atoms with Crippen molar-refractivity contribution in [3.63, 3.8) is 0 Å². The van der Waals surface area contributed by atoms with Crippen molar-refractivity contribution in [1.82, 2.24) is 4.90 Å². The summed E-state index contributed by atoms with van der Waals surface area (Å²) in [6, 6.07) is 5.11. The number of fused-ring (bicyclic) bond motifs is 1. The van der Waals surface area contributed by atoms with Gasteiger partial charge in [-0.1, -0.05) is 17.7 Å². The number of halogens is 1. The van der Waals surface area contributed by atoms with Crippen LogP contribution in [0, 0.1) is 5.92 Å². The molecular formula is C22H30ClNO6. The zero-order valence-electron chi connectivity index (χ0n) is 18.1. The van der Waals surface area contributed by atoms with Crippen molar-refractivity contribution in [3.8, 4) is 0 Å². The summed E-state index contributed by atoms with van der Waals surface area (Å²) in [5, 5.41) is 10.2. The van der Waals surface area contributed by atoms with Crippen LogP contribution < -0.4 is 0 Å². The second-order valence-electron chi connectivity index (χ2n) is 8.53. The molecule has 30 heavy (non-hydrogen) atoms. The van der Waals surface area contributed by atoms with Gasteiger partial charge in [0.05, 0.1) is 6.61 Å². The molecule has 3 atom stereocenters. The van der Waals surface area contributed by atoms with Crippen LogP contribution in [0.3, 0.4) is 0 Å². The maximum Gasteiger partial charge on any atom is 0.410 e. The molecule has 0 bridgehead atoms. The number of likely N-dealkylation sites (N-methyl/N-ethyl adjacent to an activating group) is 1. The van der Waals surface area contributed by atoms with Crippen LogP contribution in [0.4, 0.5) is 4.79 Å². The summed E-state index contributed by atoms with van der Waals surface area (Å²) in [5.74, 6) is -3.72. The summed E-state index contributed by atoms with van der Waals surface area (Å²) in [6.07, 6.45) is 0.808. The number of carboxylic acid groups (broad SMARTS) is 1. The van der Waals surface area contributed by atoms with Crippen LogP contribution in [-0.2, 0) is 25.5 Å². The Bertz CT molecular complexity index is 803. The van der Waals surface area contributed by atoms with E-state index in [-0.39, 0.29) is 25.0 Å². The van der Waals surface area contributed by atoms with Crippen molar-refractivity contribution in [2.45, 2.75) is 64.5 Å². The quantitative estimate of drug-likeness (QED) is 0.525. The molecule has 1 aliphatic carbocycles. The van der Waals surface area contributed by atoms with Gasteiger partial charge in [0.25, 0.3) is 0 Å². The predicted octanol–water partition coefficient (Wildman–Crippen LogP) is 4.26. The number of carbonyl (C=O) groups is 3. The molecule has 0 radical (unpaired) electrons. The number of hydrogen-bond donors (Lipinski definition) is 1. The van der Waals surface area contributed by atoms with Gasteiger partial charge in [-0.05, 0) is 70.2 Å². The Morgan fingerprint density at radius 2 is 1.97 bits per heavy atom. The molecule has 1 N–H and O–H groups in total. The molecule has 7 nitrogen and oxygen atoms in total. The van der Waals surface area contributed by atoms with E-state index in [0.29, 0.717) is 17.9 Å². The van der Waals surface area contributed by atoms with E-state index in [1.54, 1.807) is 40.8 Å². The topological polar surface area (TPSA) is 93.1 Å². The van der Waals surface area contributed by atoms with Gasteiger partial charge in [0, 0.05) is 24.0 Å². The number of esters is 1. The smallest absolute Gasteiger partial charge is 0.410 e. The van der Waals surface area contributed by atoms with Gasteiger partial charge < -0.3 is 19.5 Å². The fourth-order valence-corrected chi connectivity index (χ4v) is 4.07. The zero-order chi connectivity index (χ0) is 22.6. The van der Waals surface area contributed by atoms with Crippen molar-refractivity contribution in [1.29, 1.82) is 0 Å². The fourth-order valence-electron chi connectivity index (χ4n) is 3.88. The Morgan fingerprint density at radius 3 is 2.53 bits per heavy atom. The van der Waals surface area contributed by atoms with E-state index in [1.165, 1.54) is 4.90 Å². The summed E-state index contributed by atoms with van der Waals surface area (Å²) in [4.78, 5) is 38.3. The molecule has 1 aromatic rings. The summed E-state index contributed by atoms with van der Waals surface area (Å²) < 4.78 is 10.5. The molecule has 0 aliphatic heterocycles. The van der Waals surface area contributed by atoms with Gasteiger partial charge in [0.2, 0.25) is 0 Å². The van der Waals surface area contributed by atoms with E-state index in [2.05, 4.69) is 0 Å². The van der Waals surface area contributed by atoms with Gasteiger partial charge in [0.15, 0.2) is 5.92 Å². The van der Waals surface area contributed by atoms with E-state index in [9.17, 15) is 19.5 Å². The molecule has 1 aliphatic rings. The monoisotopic (exact) mass is 439 g/mol. The minimum absolute atomic E-state index is 0.0145. The lowest BCUT2D eigenvalue weighted by atomic mass is 9.74. The van der Waals surface area contributed by atoms with Crippen LogP contribution in [0.1, 0.15) is 57.6 Å². The van der Waals surface area contributed by atoms with Crippen LogP contribution in [0.2, 0.25) is 5.02 Å². The number of amides is 1. The van der Waals surface area contributed by atoms with Crippen molar-refractivity contribution < 1.29 is 29.0 Å². The van der Waals surface area contributed by atoms with Crippen molar-refractivity contribution >= 4 is 29.6 Å². The number of carboxylic acids is 1. The summed E-state index contributed by atoms with van der Waals surface area (Å²) in [7, 11) is 1.65. The number of aliphatic carboxylic acids is 1. The minimum atomic E-state index is -1.33. The third-order valence-electron chi connectivity index (χ3n) is 5.22. The fraction of sp³-hybridized carbons (Fsp3) is 0.591. The second-order valence-corrected chi connectivity index (χ2v) is 8.96. The molecule has 166 valence electrons. The van der Waals surface area contributed by atoms with E-state index >= 15 is 0 Å². The van der Waals surface area contributed by atoms with Gasteiger partial charge in [-0.2, -0.15) is 0 Å². The van der Waals surface area contributed by atoms with Gasteiger partial charge >= 0.3 is 18.0 Å². The highest BCUT2D eigenvalue weighted by Gasteiger charge is 2.40. The Kier molecular flexibility index (Phi) is 7.75. The number of nitrogens with zero attached hydrogens (tertiary/aromatic N) is 1. The average molecular weight is 440 g/mol. The molecule has 1 unspecified atom stereocenters. The molecule has 1 aromatic carbocycles. The first-order valence-electron chi connectivity index (χ1n) is 10.1. The standard InChI is InChI=1S/C22H30ClNO6/c1-6-29-20(27)17(19(25)26)12-16-15-9-8-14(23)11-13(15)7-10-18(16)24(5)21(28)30-22(2,3)4/h8-9,11,16-18H,6-7,10,12H2,1-5H3,(H,25,26)/t16-,17?,18-/m1/s1/i20+0. The molecule has 0 saturated carbocycles. The lowest BCUT2D eigenvalue weighted by molar-refractivity contribution is -0.159. The van der Waals surface area contributed by atoms with Crippen LogP contribution in [0.25, 0.3) is 0 Å². The summed E-state index contributed by atoms with van der Waals surface area (Å²) in [5.41, 5.74) is 1.23. The molecule has 8 heteroatoms. The molecule has 0 heterocycles.